The lowest BCUT2D eigenvalue weighted by molar-refractivity contribution is -0.128. The summed E-state index contributed by atoms with van der Waals surface area (Å²) in [5.74, 6) is 3.04. The van der Waals surface area contributed by atoms with Crippen molar-refractivity contribution in [2.45, 2.75) is 171 Å². The van der Waals surface area contributed by atoms with Gasteiger partial charge in [0.1, 0.15) is 5.94 Å². The van der Waals surface area contributed by atoms with Gasteiger partial charge < -0.3 is 50.9 Å². The van der Waals surface area contributed by atoms with E-state index in [1.165, 1.54) is 0 Å². The van der Waals surface area contributed by atoms with Crippen LogP contribution in [-0.2, 0) is 28.0 Å². The number of hydrogen-bond acceptors (Lipinski definition) is 16. The van der Waals surface area contributed by atoms with E-state index < -0.39 is 16.9 Å². The summed E-state index contributed by atoms with van der Waals surface area (Å²) in [7, 11) is 4.40. The van der Waals surface area contributed by atoms with Crippen LogP contribution in [0.15, 0.2) is 9.98 Å². The molecule has 16 nitrogen and oxygen atoms in total. The number of guanidine groups is 2. The lowest BCUT2D eigenvalue weighted by Gasteiger charge is -2.48. The van der Waals surface area contributed by atoms with Crippen LogP contribution in [0.2, 0.25) is 0 Å². The largest absolute Gasteiger partial charge is 0.370 e. The standard InChI is InChI=1S/C39H88N10O6P2S4/c1-16-52-37(25-60-58-23-19-44-38(40)41)53-21-22-54-56(46(29(2)3)30(4)5)48(33(10)11)35(14)17-18-36(15)49(34(12)13)57(47(31(6)7)32(8)9)55-27-50-26-51-28-61-59-24-20-45-39(42)43/h29-37H,16-28H2,1-15H3,(H4,40,41,44)(H4,42,43,45). The van der Waals surface area contributed by atoms with E-state index in [-0.39, 0.29) is 68.0 Å². The van der Waals surface area contributed by atoms with Gasteiger partial charge in [0.2, 0.25) is 0 Å². The van der Waals surface area contributed by atoms with Crippen molar-refractivity contribution in [1.29, 1.82) is 0 Å². The summed E-state index contributed by atoms with van der Waals surface area (Å²) in [6, 6.07) is 2.18. The van der Waals surface area contributed by atoms with Gasteiger partial charge in [-0.15, -0.1) is 0 Å². The Labute approximate surface area is 390 Å². The molecule has 22 heteroatoms. The van der Waals surface area contributed by atoms with Crippen LogP contribution in [0.4, 0.5) is 0 Å². The predicted octanol–water partition coefficient (Wildman–Crippen LogP) is 8.28. The molecule has 0 rings (SSSR count). The van der Waals surface area contributed by atoms with E-state index >= 15 is 0 Å². The molecule has 0 aromatic rings. The fourth-order valence-electron chi connectivity index (χ4n) is 6.54. The van der Waals surface area contributed by atoms with E-state index in [1.807, 2.05) is 6.92 Å². The number of rotatable bonds is 39. The zero-order chi connectivity index (χ0) is 46.5. The Kier molecular flexibility index (Phi) is 36.8. The maximum absolute atomic E-state index is 6.92. The first-order valence-electron chi connectivity index (χ1n) is 21.7. The smallest absolute Gasteiger partial charge is 0.191 e. The van der Waals surface area contributed by atoms with Gasteiger partial charge in [-0.05, 0) is 117 Å². The maximum atomic E-state index is 6.92. The third-order valence-corrected chi connectivity index (χ3v) is 19.0. The number of ether oxygens (including phenoxy) is 4. The summed E-state index contributed by atoms with van der Waals surface area (Å²) >= 11 is 0. The van der Waals surface area contributed by atoms with Crippen molar-refractivity contribution in [3.8, 4) is 0 Å². The van der Waals surface area contributed by atoms with Crippen LogP contribution in [0.3, 0.4) is 0 Å². The molecule has 364 valence electrons. The molecule has 61 heavy (non-hydrogen) atoms. The number of aliphatic imine (C=N–C) groups is 2. The highest BCUT2D eigenvalue weighted by Gasteiger charge is 2.38. The van der Waals surface area contributed by atoms with Crippen molar-refractivity contribution in [2.24, 2.45) is 32.9 Å². The highest BCUT2D eigenvalue weighted by atomic mass is 33.1. The third kappa shape index (κ3) is 27.6. The average Bonchev–Trinajstić information content (AvgIpc) is 3.14. The summed E-state index contributed by atoms with van der Waals surface area (Å²) < 4.78 is 47.5. The van der Waals surface area contributed by atoms with Gasteiger partial charge >= 0.3 is 0 Å². The molecule has 0 saturated heterocycles. The van der Waals surface area contributed by atoms with E-state index in [0.717, 1.165) is 24.3 Å². The Bertz CT molecular complexity index is 1120. The van der Waals surface area contributed by atoms with Crippen molar-refractivity contribution < 1.29 is 28.0 Å². The molecule has 0 bridgehead atoms. The summed E-state index contributed by atoms with van der Waals surface area (Å²) in [4.78, 5) is 8.05. The Morgan fingerprint density at radius 2 is 0.967 bits per heavy atom. The van der Waals surface area contributed by atoms with Gasteiger partial charge in [0.25, 0.3) is 0 Å². The summed E-state index contributed by atoms with van der Waals surface area (Å²) in [6.07, 6.45) is 1.66. The van der Waals surface area contributed by atoms with Gasteiger partial charge in [-0.3, -0.25) is 9.98 Å². The van der Waals surface area contributed by atoms with Crippen LogP contribution in [0, 0.1) is 0 Å². The molecule has 8 N–H and O–H groups in total. The molecule has 0 radical (unpaired) electrons. The van der Waals surface area contributed by atoms with Crippen LogP contribution in [0.1, 0.15) is 117 Å². The molecule has 5 unspecified atom stereocenters. The molecule has 0 saturated carbocycles. The second-order valence-electron chi connectivity index (χ2n) is 16.0. The minimum atomic E-state index is -1.15. The highest BCUT2D eigenvalue weighted by molar-refractivity contribution is 8.77. The van der Waals surface area contributed by atoms with Gasteiger partial charge in [0.15, 0.2) is 48.7 Å². The summed E-state index contributed by atoms with van der Waals surface area (Å²) in [5, 5.41) is 0. The van der Waals surface area contributed by atoms with Gasteiger partial charge in [-0.25, -0.2) is 18.7 Å². The van der Waals surface area contributed by atoms with Crippen molar-refractivity contribution in [1.82, 2.24) is 18.7 Å². The monoisotopic (exact) mass is 983 g/mol. The van der Waals surface area contributed by atoms with E-state index in [9.17, 15) is 0 Å². The molecule has 0 aliphatic carbocycles. The second kappa shape index (κ2) is 36.5. The molecule has 0 heterocycles. The maximum Gasteiger partial charge on any atom is 0.191 e. The Hall–Kier alpha value is 0.400. The molecule has 0 aliphatic rings. The molecular weight excluding hydrogens is 895 g/mol. The van der Waals surface area contributed by atoms with Crippen LogP contribution >= 0.6 is 60.1 Å². The van der Waals surface area contributed by atoms with Gasteiger partial charge in [-0.2, -0.15) is 0 Å². The van der Waals surface area contributed by atoms with Crippen molar-refractivity contribution >= 4 is 72.0 Å². The molecule has 5 atom stereocenters. The average molecular weight is 983 g/mol. The minimum Gasteiger partial charge on any atom is -0.370 e. The topological polar surface area (TPSA) is 197 Å². The zero-order valence-corrected chi connectivity index (χ0v) is 45.4. The first-order chi connectivity index (χ1) is 28.8. The van der Waals surface area contributed by atoms with Crippen LogP contribution < -0.4 is 22.9 Å². The zero-order valence-electron chi connectivity index (χ0n) is 40.4. The van der Waals surface area contributed by atoms with E-state index in [4.69, 9.17) is 50.9 Å². The van der Waals surface area contributed by atoms with Crippen LogP contribution in [-0.4, -0.2) is 155 Å². The Morgan fingerprint density at radius 3 is 1.39 bits per heavy atom. The number of hydrogen-bond donors (Lipinski definition) is 4. The second-order valence-corrected chi connectivity index (χ2v) is 24.5. The lowest BCUT2D eigenvalue weighted by Crippen LogP contribution is -2.46. The normalized spacial score (nSPS) is 15.1. The third-order valence-electron chi connectivity index (χ3n) is 8.67. The molecule has 0 spiro atoms. The van der Waals surface area contributed by atoms with E-state index in [2.05, 4.69) is 126 Å². The van der Waals surface area contributed by atoms with E-state index in [1.54, 1.807) is 43.2 Å². The van der Waals surface area contributed by atoms with Gasteiger partial charge in [0.05, 0.1) is 32.1 Å². The van der Waals surface area contributed by atoms with Gasteiger partial charge in [0, 0.05) is 66.4 Å². The Morgan fingerprint density at radius 1 is 0.525 bits per heavy atom. The van der Waals surface area contributed by atoms with Crippen LogP contribution in [0.25, 0.3) is 0 Å². The number of nitrogens with zero attached hydrogens (tertiary/aromatic N) is 6. The van der Waals surface area contributed by atoms with Crippen molar-refractivity contribution in [2.75, 3.05) is 69.7 Å². The quantitative estimate of drug-likeness (QED) is 0.0115. The summed E-state index contributed by atoms with van der Waals surface area (Å²) in [6.45, 7) is 36.8. The highest BCUT2D eigenvalue weighted by Crippen LogP contribution is 2.53. The van der Waals surface area contributed by atoms with Crippen molar-refractivity contribution in [3.63, 3.8) is 0 Å². The predicted molar refractivity (Wildman–Crippen MR) is 272 cm³/mol. The fourth-order valence-corrected chi connectivity index (χ4v) is 14.6. The molecule has 0 aromatic carbocycles. The van der Waals surface area contributed by atoms with Crippen LogP contribution in [0.5, 0.6) is 0 Å². The fraction of sp³-hybridized carbons (Fsp3) is 0.949. The van der Waals surface area contributed by atoms with Crippen molar-refractivity contribution in [3.05, 3.63) is 0 Å². The SMILES string of the molecule is CCOC(CSSCCN=C(N)N)OCCOP(N(C(C)C)C(C)C)N(C(C)C)C(C)CCC(C)N(C(C)C)P(OCOCOCSSCCN=C(N)N)N(C(C)C)C(C)C. The van der Waals surface area contributed by atoms with E-state index in [0.29, 0.717) is 56.7 Å². The first kappa shape index (κ1) is 61.4. The molecular formula is C39H88N10O6P2S4. The minimum absolute atomic E-state index is 0.113. The lowest BCUT2D eigenvalue weighted by atomic mass is 10.1. The molecule has 0 aromatic heterocycles. The first-order valence-corrected chi connectivity index (χ1v) is 29.1. The molecule has 0 aliphatic heterocycles. The number of nitrogens with two attached hydrogens (primary N) is 4. The molecule has 0 amide bonds. The van der Waals surface area contributed by atoms with Gasteiger partial charge in [-0.1, -0.05) is 43.2 Å². The Balaban J connectivity index is 5.86. The summed E-state index contributed by atoms with van der Waals surface area (Å²) in [5.41, 5.74) is 21.7. The molecule has 0 fully saturated rings.